The zero-order valence-corrected chi connectivity index (χ0v) is 15.8. The number of halogens is 2. The van der Waals surface area contributed by atoms with E-state index in [9.17, 15) is 8.78 Å². The maximum atomic E-state index is 12.3. The van der Waals surface area contributed by atoms with E-state index in [1.807, 2.05) is 13.0 Å². The predicted octanol–water partition coefficient (Wildman–Crippen LogP) is 2.79. The molecule has 152 valence electrons. The molecule has 1 aromatic carbocycles. The SMILES string of the molecule is CCNC(=NCc1cccc(OC(F)F)c1)NCCCOCC1CCOC1. The summed E-state index contributed by atoms with van der Waals surface area (Å²) in [5.74, 6) is 1.35. The molecule has 0 radical (unpaired) electrons. The zero-order valence-electron chi connectivity index (χ0n) is 15.8. The standard InChI is InChI=1S/C19H29F2N3O3/c1-2-22-19(23-8-4-9-25-13-16-7-10-26-14-16)24-12-15-5-3-6-17(11-15)27-18(20)21/h3,5-6,11,16,18H,2,4,7-10,12-14H2,1H3,(H2,22,23,24). The average molecular weight is 385 g/mol. The number of aliphatic imine (C=N–C) groups is 1. The van der Waals surface area contributed by atoms with Crippen molar-refractivity contribution >= 4 is 5.96 Å². The molecule has 1 aliphatic rings. The minimum Gasteiger partial charge on any atom is -0.435 e. The van der Waals surface area contributed by atoms with Crippen LogP contribution in [0.25, 0.3) is 0 Å². The van der Waals surface area contributed by atoms with Crippen LogP contribution in [-0.2, 0) is 16.0 Å². The number of rotatable bonds is 11. The van der Waals surface area contributed by atoms with E-state index in [0.717, 1.165) is 51.3 Å². The third-order valence-electron chi connectivity index (χ3n) is 4.02. The van der Waals surface area contributed by atoms with Crippen LogP contribution in [0.1, 0.15) is 25.3 Å². The Balaban J connectivity index is 1.69. The van der Waals surface area contributed by atoms with Gasteiger partial charge < -0.3 is 24.8 Å². The Kier molecular flexibility index (Phi) is 9.86. The highest BCUT2D eigenvalue weighted by atomic mass is 19.3. The summed E-state index contributed by atoms with van der Waals surface area (Å²) in [6.07, 6.45) is 1.95. The summed E-state index contributed by atoms with van der Waals surface area (Å²) in [6, 6.07) is 6.57. The Bertz CT molecular complexity index is 567. The summed E-state index contributed by atoms with van der Waals surface area (Å²) in [7, 11) is 0. The third kappa shape index (κ3) is 9.01. The van der Waals surface area contributed by atoms with Gasteiger partial charge in [0.2, 0.25) is 0 Å². The highest BCUT2D eigenvalue weighted by molar-refractivity contribution is 5.79. The first-order valence-electron chi connectivity index (χ1n) is 9.38. The van der Waals surface area contributed by atoms with Crippen molar-refractivity contribution in [2.75, 3.05) is 39.5 Å². The maximum absolute atomic E-state index is 12.3. The second-order valence-corrected chi connectivity index (χ2v) is 6.31. The minimum atomic E-state index is -2.83. The van der Waals surface area contributed by atoms with Gasteiger partial charge in [0.25, 0.3) is 0 Å². The lowest BCUT2D eigenvalue weighted by molar-refractivity contribution is -0.0498. The van der Waals surface area contributed by atoms with Crippen LogP contribution in [0.5, 0.6) is 5.75 Å². The van der Waals surface area contributed by atoms with Crippen LogP contribution >= 0.6 is 0 Å². The first-order valence-corrected chi connectivity index (χ1v) is 9.38. The number of nitrogens with zero attached hydrogens (tertiary/aromatic N) is 1. The molecule has 1 saturated heterocycles. The van der Waals surface area contributed by atoms with Gasteiger partial charge in [0.05, 0.1) is 19.8 Å². The number of alkyl halides is 2. The van der Waals surface area contributed by atoms with Crippen LogP contribution in [0.15, 0.2) is 29.3 Å². The van der Waals surface area contributed by atoms with E-state index in [1.54, 1.807) is 12.1 Å². The Morgan fingerprint density at radius 2 is 2.26 bits per heavy atom. The molecule has 1 aliphatic heterocycles. The molecule has 0 aliphatic carbocycles. The third-order valence-corrected chi connectivity index (χ3v) is 4.02. The van der Waals surface area contributed by atoms with E-state index in [1.165, 1.54) is 6.07 Å². The van der Waals surface area contributed by atoms with Gasteiger partial charge >= 0.3 is 6.61 Å². The Hall–Kier alpha value is -1.93. The predicted molar refractivity (Wildman–Crippen MR) is 100 cm³/mol. The maximum Gasteiger partial charge on any atom is 0.387 e. The largest absolute Gasteiger partial charge is 0.435 e. The van der Waals surface area contributed by atoms with Crippen molar-refractivity contribution in [2.45, 2.75) is 32.9 Å². The average Bonchev–Trinajstić information content (AvgIpc) is 3.15. The molecule has 1 heterocycles. The van der Waals surface area contributed by atoms with Crippen molar-refractivity contribution in [2.24, 2.45) is 10.9 Å². The van der Waals surface area contributed by atoms with Gasteiger partial charge in [-0.3, -0.25) is 0 Å². The molecule has 8 heteroatoms. The van der Waals surface area contributed by atoms with Crippen LogP contribution in [0.3, 0.4) is 0 Å². The fourth-order valence-corrected chi connectivity index (χ4v) is 2.68. The van der Waals surface area contributed by atoms with Gasteiger partial charge in [0.1, 0.15) is 5.75 Å². The van der Waals surface area contributed by atoms with E-state index in [-0.39, 0.29) is 5.75 Å². The quantitative estimate of drug-likeness (QED) is 0.348. The lowest BCUT2D eigenvalue weighted by Crippen LogP contribution is -2.38. The van der Waals surface area contributed by atoms with Crippen molar-refractivity contribution in [3.05, 3.63) is 29.8 Å². The lowest BCUT2D eigenvalue weighted by Gasteiger charge is -2.12. The number of nitrogens with one attached hydrogen (secondary N) is 2. The van der Waals surface area contributed by atoms with Crippen molar-refractivity contribution < 1.29 is 23.0 Å². The molecule has 27 heavy (non-hydrogen) atoms. The zero-order chi connectivity index (χ0) is 19.3. The molecule has 1 atom stereocenters. The van der Waals surface area contributed by atoms with E-state index in [4.69, 9.17) is 9.47 Å². The van der Waals surface area contributed by atoms with Crippen molar-refractivity contribution in [1.29, 1.82) is 0 Å². The second kappa shape index (κ2) is 12.5. The van der Waals surface area contributed by atoms with Crippen LogP contribution in [0, 0.1) is 5.92 Å². The van der Waals surface area contributed by atoms with Crippen molar-refractivity contribution in [3.8, 4) is 5.75 Å². The first kappa shape index (κ1) is 21.4. The summed E-state index contributed by atoms with van der Waals surface area (Å²) in [5, 5.41) is 6.41. The Labute approximate surface area is 159 Å². The number of benzene rings is 1. The highest BCUT2D eigenvalue weighted by Crippen LogP contribution is 2.16. The van der Waals surface area contributed by atoms with Crippen LogP contribution in [0.4, 0.5) is 8.78 Å². The summed E-state index contributed by atoms with van der Waals surface area (Å²) in [5.41, 5.74) is 0.799. The molecule has 0 spiro atoms. The number of guanidine groups is 1. The number of ether oxygens (including phenoxy) is 3. The van der Waals surface area contributed by atoms with Crippen LogP contribution in [-0.4, -0.2) is 52.1 Å². The highest BCUT2D eigenvalue weighted by Gasteiger charge is 2.15. The van der Waals surface area contributed by atoms with Gasteiger partial charge in [-0.15, -0.1) is 0 Å². The molecule has 0 aromatic heterocycles. The van der Waals surface area contributed by atoms with Gasteiger partial charge in [-0.1, -0.05) is 12.1 Å². The normalized spacial score (nSPS) is 17.3. The summed E-state index contributed by atoms with van der Waals surface area (Å²) in [4.78, 5) is 4.48. The van der Waals surface area contributed by atoms with E-state index >= 15 is 0 Å². The molecular weight excluding hydrogens is 356 g/mol. The molecule has 0 saturated carbocycles. The summed E-state index contributed by atoms with van der Waals surface area (Å²) >= 11 is 0. The molecule has 1 aromatic rings. The molecule has 6 nitrogen and oxygen atoms in total. The second-order valence-electron chi connectivity index (χ2n) is 6.31. The molecule has 2 rings (SSSR count). The van der Waals surface area contributed by atoms with Gasteiger partial charge in [0, 0.05) is 32.2 Å². The Morgan fingerprint density at radius 3 is 3.00 bits per heavy atom. The minimum absolute atomic E-state index is 0.139. The van der Waals surface area contributed by atoms with Gasteiger partial charge in [0.15, 0.2) is 5.96 Å². The van der Waals surface area contributed by atoms with Crippen molar-refractivity contribution in [1.82, 2.24) is 10.6 Å². The summed E-state index contributed by atoms with van der Waals surface area (Å²) < 4.78 is 40.0. The molecular formula is C19H29F2N3O3. The molecule has 0 bridgehead atoms. The lowest BCUT2D eigenvalue weighted by atomic mass is 10.1. The van der Waals surface area contributed by atoms with Crippen molar-refractivity contribution in [3.63, 3.8) is 0 Å². The topological polar surface area (TPSA) is 64.1 Å². The van der Waals surface area contributed by atoms with Crippen LogP contribution < -0.4 is 15.4 Å². The Morgan fingerprint density at radius 1 is 1.37 bits per heavy atom. The first-order chi connectivity index (χ1) is 13.2. The molecule has 0 amide bonds. The molecule has 1 fully saturated rings. The van der Waals surface area contributed by atoms with Gasteiger partial charge in [-0.2, -0.15) is 8.78 Å². The molecule has 2 N–H and O–H groups in total. The fraction of sp³-hybridized carbons (Fsp3) is 0.632. The fourth-order valence-electron chi connectivity index (χ4n) is 2.68. The van der Waals surface area contributed by atoms with E-state index < -0.39 is 6.61 Å². The van der Waals surface area contributed by atoms with Gasteiger partial charge in [-0.25, -0.2) is 4.99 Å². The van der Waals surface area contributed by atoms with Gasteiger partial charge in [-0.05, 0) is 37.5 Å². The number of hydrogen-bond acceptors (Lipinski definition) is 4. The number of hydrogen-bond donors (Lipinski definition) is 2. The molecule has 1 unspecified atom stereocenters. The van der Waals surface area contributed by atoms with E-state index in [0.29, 0.717) is 25.0 Å². The smallest absolute Gasteiger partial charge is 0.387 e. The summed E-state index contributed by atoms with van der Waals surface area (Å²) in [6.45, 7) is 4.09. The van der Waals surface area contributed by atoms with Crippen LogP contribution in [0.2, 0.25) is 0 Å². The van der Waals surface area contributed by atoms with E-state index in [2.05, 4.69) is 20.4 Å². The monoisotopic (exact) mass is 385 g/mol.